The molecule has 0 atom stereocenters. The Kier molecular flexibility index (Phi) is 14.8. The van der Waals surface area contributed by atoms with Crippen LogP contribution in [-0.2, 0) is 22.6 Å². The van der Waals surface area contributed by atoms with Crippen LogP contribution in [0.5, 0.6) is 5.75 Å². The highest BCUT2D eigenvalue weighted by atomic mass is 127. The molecule has 0 bridgehead atoms. The topological polar surface area (TPSA) is 64.1 Å². The van der Waals surface area contributed by atoms with Crippen LogP contribution in [0.2, 0.25) is 0 Å². The van der Waals surface area contributed by atoms with Gasteiger partial charge in [0, 0.05) is 13.2 Å². The Morgan fingerprint density at radius 2 is 1.63 bits per heavy atom. The third-order valence-electron chi connectivity index (χ3n) is 4.01. The molecular weight excluding hydrogens is 493 g/mol. The van der Waals surface area contributed by atoms with Crippen molar-refractivity contribution in [3.05, 3.63) is 65.7 Å². The molecule has 0 aromatic heterocycles. The van der Waals surface area contributed by atoms with Crippen molar-refractivity contribution < 1.29 is 14.2 Å². The van der Waals surface area contributed by atoms with Gasteiger partial charge >= 0.3 is 0 Å². The quantitative estimate of drug-likeness (QED) is 0.179. The maximum absolute atomic E-state index is 5.71. The number of hydrogen-bond donors (Lipinski definition) is 2. The summed E-state index contributed by atoms with van der Waals surface area (Å²) >= 11 is 0. The summed E-state index contributed by atoms with van der Waals surface area (Å²) in [5.41, 5.74) is 2.29. The maximum atomic E-state index is 5.71. The highest BCUT2D eigenvalue weighted by Gasteiger charge is 2.00. The summed E-state index contributed by atoms with van der Waals surface area (Å²) in [4.78, 5) is 4.67. The molecule has 0 saturated heterocycles. The average Bonchev–Trinajstić information content (AvgIpc) is 2.76. The molecule has 0 amide bonds. The first-order chi connectivity index (χ1) is 14.3. The molecule has 0 aliphatic carbocycles. The number of nitrogens with one attached hydrogen (secondary N) is 2. The monoisotopic (exact) mass is 527 g/mol. The van der Waals surface area contributed by atoms with Crippen molar-refractivity contribution in [1.82, 2.24) is 10.6 Å². The lowest BCUT2D eigenvalue weighted by molar-refractivity contribution is 0.0453. The third-order valence-corrected chi connectivity index (χ3v) is 4.01. The number of ether oxygens (including phenoxy) is 3. The summed E-state index contributed by atoms with van der Waals surface area (Å²) in [6.45, 7) is 9.23. The molecule has 7 heteroatoms. The molecule has 2 aromatic rings. The van der Waals surface area contributed by atoms with E-state index < -0.39 is 0 Å². The molecule has 0 radical (unpaired) electrons. The van der Waals surface area contributed by atoms with E-state index in [0.29, 0.717) is 39.5 Å². The zero-order chi connectivity index (χ0) is 20.6. The maximum Gasteiger partial charge on any atom is 0.191 e. The van der Waals surface area contributed by atoms with Gasteiger partial charge in [-0.05, 0) is 37.1 Å². The van der Waals surface area contributed by atoms with Crippen LogP contribution in [0, 0.1) is 0 Å². The predicted molar refractivity (Wildman–Crippen MR) is 133 cm³/mol. The Hall–Kier alpha value is -1.84. The smallest absolute Gasteiger partial charge is 0.191 e. The number of hydrogen-bond acceptors (Lipinski definition) is 4. The van der Waals surface area contributed by atoms with Gasteiger partial charge in [0.15, 0.2) is 5.96 Å². The third kappa shape index (κ3) is 11.4. The van der Waals surface area contributed by atoms with E-state index in [2.05, 4.69) is 40.7 Å². The first-order valence-electron chi connectivity index (χ1n) is 10.2. The SMILES string of the molecule is CCNC(=NCc1cccc(COCCOCC)c1)NCCOc1ccccc1.I. The van der Waals surface area contributed by atoms with Gasteiger partial charge in [-0.1, -0.05) is 42.5 Å². The number of para-hydroxylation sites is 1. The van der Waals surface area contributed by atoms with Crippen molar-refractivity contribution in [3.63, 3.8) is 0 Å². The Morgan fingerprint density at radius 1 is 0.867 bits per heavy atom. The Bertz CT molecular complexity index is 714. The number of aliphatic imine (C=N–C) groups is 1. The second kappa shape index (κ2) is 16.9. The molecule has 0 spiro atoms. The molecule has 30 heavy (non-hydrogen) atoms. The van der Waals surface area contributed by atoms with Gasteiger partial charge in [0.25, 0.3) is 0 Å². The van der Waals surface area contributed by atoms with Crippen molar-refractivity contribution in [3.8, 4) is 5.75 Å². The van der Waals surface area contributed by atoms with Gasteiger partial charge in [0.05, 0.1) is 32.9 Å². The summed E-state index contributed by atoms with van der Waals surface area (Å²) in [7, 11) is 0. The normalized spacial score (nSPS) is 10.9. The summed E-state index contributed by atoms with van der Waals surface area (Å²) in [5, 5.41) is 6.57. The van der Waals surface area contributed by atoms with Crippen LogP contribution in [-0.4, -0.2) is 45.5 Å². The number of benzene rings is 2. The second-order valence-electron chi connectivity index (χ2n) is 6.35. The summed E-state index contributed by atoms with van der Waals surface area (Å²) in [6.07, 6.45) is 0. The van der Waals surface area contributed by atoms with E-state index in [-0.39, 0.29) is 24.0 Å². The van der Waals surface area contributed by atoms with E-state index >= 15 is 0 Å². The lowest BCUT2D eigenvalue weighted by atomic mass is 10.1. The molecule has 0 unspecified atom stereocenters. The van der Waals surface area contributed by atoms with Gasteiger partial charge in [-0.3, -0.25) is 0 Å². The van der Waals surface area contributed by atoms with Crippen molar-refractivity contribution in [2.45, 2.75) is 27.0 Å². The fraction of sp³-hybridized carbons (Fsp3) is 0.435. The Labute approximate surface area is 197 Å². The van der Waals surface area contributed by atoms with Crippen LogP contribution in [0.3, 0.4) is 0 Å². The van der Waals surface area contributed by atoms with Crippen molar-refractivity contribution >= 4 is 29.9 Å². The lowest BCUT2D eigenvalue weighted by Crippen LogP contribution is -2.39. The van der Waals surface area contributed by atoms with Crippen LogP contribution in [0.1, 0.15) is 25.0 Å². The fourth-order valence-electron chi connectivity index (χ4n) is 2.64. The highest BCUT2D eigenvalue weighted by molar-refractivity contribution is 14.0. The number of nitrogens with zero attached hydrogens (tertiary/aromatic N) is 1. The predicted octanol–water partition coefficient (Wildman–Crippen LogP) is 3.99. The molecule has 0 heterocycles. The van der Waals surface area contributed by atoms with E-state index in [1.54, 1.807) is 0 Å². The number of rotatable bonds is 13. The zero-order valence-corrected chi connectivity index (χ0v) is 20.3. The minimum absolute atomic E-state index is 0. The van der Waals surface area contributed by atoms with Crippen LogP contribution >= 0.6 is 24.0 Å². The molecule has 166 valence electrons. The van der Waals surface area contributed by atoms with Gasteiger partial charge < -0.3 is 24.8 Å². The molecule has 2 aromatic carbocycles. The minimum Gasteiger partial charge on any atom is -0.492 e. The average molecular weight is 527 g/mol. The molecule has 6 nitrogen and oxygen atoms in total. The van der Waals surface area contributed by atoms with Gasteiger partial charge in [0.1, 0.15) is 12.4 Å². The molecule has 0 aliphatic heterocycles. The van der Waals surface area contributed by atoms with Gasteiger partial charge in [-0.2, -0.15) is 0 Å². The molecule has 2 rings (SSSR count). The molecule has 0 saturated carbocycles. The number of guanidine groups is 1. The Balaban J connectivity index is 0.00000450. The van der Waals surface area contributed by atoms with Gasteiger partial charge in [-0.15, -0.1) is 24.0 Å². The van der Waals surface area contributed by atoms with Crippen molar-refractivity contribution in [2.75, 3.05) is 39.5 Å². The van der Waals surface area contributed by atoms with Gasteiger partial charge in [-0.25, -0.2) is 4.99 Å². The van der Waals surface area contributed by atoms with Crippen LogP contribution in [0.15, 0.2) is 59.6 Å². The van der Waals surface area contributed by atoms with Crippen LogP contribution < -0.4 is 15.4 Å². The van der Waals surface area contributed by atoms with Crippen molar-refractivity contribution in [1.29, 1.82) is 0 Å². The molecule has 2 N–H and O–H groups in total. The van der Waals surface area contributed by atoms with Crippen molar-refractivity contribution in [2.24, 2.45) is 4.99 Å². The molecule has 0 aliphatic rings. The highest BCUT2D eigenvalue weighted by Crippen LogP contribution is 2.09. The summed E-state index contributed by atoms with van der Waals surface area (Å²) in [5.74, 6) is 1.65. The fourth-order valence-corrected chi connectivity index (χ4v) is 2.64. The first-order valence-corrected chi connectivity index (χ1v) is 10.2. The second-order valence-corrected chi connectivity index (χ2v) is 6.35. The van der Waals surface area contributed by atoms with Crippen LogP contribution in [0.25, 0.3) is 0 Å². The summed E-state index contributed by atoms with van der Waals surface area (Å²) in [6, 6.07) is 18.1. The van der Waals surface area contributed by atoms with E-state index in [4.69, 9.17) is 14.2 Å². The lowest BCUT2D eigenvalue weighted by Gasteiger charge is -2.12. The first kappa shape index (κ1) is 26.2. The minimum atomic E-state index is 0. The van der Waals surface area contributed by atoms with E-state index in [1.807, 2.05) is 43.3 Å². The molecular formula is C23H34IN3O3. The standard InChI is InChI=1S/C23H33N3O3.HI/c1-3-24-23(25-13-14-29-22-11-6-5-7-12-22)26-18-20-9-8-10-21(17-20)19-28-16-15-27-4-2;/h5-12,17H,3-4,13-16,18-19H2,1-2H3,(H2,24,25,26);1H. The molecule has 0 fully saturated rings. The van der Waals surface area contributed by atoms with Crippen LogP contribution in [0.4, 0.5) is 0 Å². The van der Waals surface area contributed by atoms with E-state index in [0.717, 1.165) is 36.0 Å². The largest absolute Gasteiger partial charge is 0.492 e. The zero-order valence-electron chi connectivity index (χ0n) is 17.9. The summed E-state index contributed by atoms with van der Waals surface area (Å²) < 4.78 is 16.6. The van der Waals surface area contributed by atoms with E-state index in [9.17, 15) is 0 Å². The van der Waals surface area contributed by atoms with E-state index in [1.165, 1.54) is 0 Å². The van der Waals surface area contributed by atoms with Gasteiger partial charge in [0.2, 0.25) is 0 Å². The Morgan fingerprint density at radius 3 is 2.40 bits per heavy atom. The number of halogens is 1.